The highest BCUT2D eigenvalue weighted by atomic mass is 16.5. The van der Waals surface area contributed by atoms with Crippen LogP contribution >= 0.6 is 0 Å². The largest absolute Gasteiger partial charge is 0.394 e. The van der Waals surface area contributed by atoms with E-state index < -0.39 is 0 Å². The number of ether oxygens (including phenoxy) is 2. The molecule has 0 heterocycles. The molecule has 0 saturated carbocycles. The van der Waals surface area contributed by atoms with Gasteiger partial charge in [0.1, 0.15) is 0 Å². The molecule has 0 atom stereocenters. The first-order chi connectivity index (χ1) is 12.4. The zero-order valence-corrected chi connectivity index (χ0v) is 16.9. The number of hydrogen-bond acceptors (Lipinski definition) is 3. The Morgan fingerprint density at radius 2 is 1.04 bits per heavy atom. The van der Waals surface area contributed by atoms with Crippen molar-refractivity contribution in [3.05, 3.63) is 12.2 Å². The molecule has 25 heavy (non-hydrogen) atoms. The van der Waals surface area contributed by atoms with Crippen LogP contribution in [0.2, 0.25) is 0 Å². The molecule has 0 amide bonds. The lowest BCUT2D eigenvalue weighted by atomic mass is 10.1. The lowest BCUT2D eigenvalue weighted by Gasteiger charge is -2.05. The summed E-state index contributed by atoms with van der Waals surface area (Å²) in [5.41, 5.74) is 0. The zero-order valence-electron chi connectivity index (χ0n) is 16.9. The number of hydrogen-bond donors (Lipinski definition) is 1. The average molecular weight is 357 g/mol. The third-order valence-electron chi connectivity index (χ3n) is 4.41. The molecule has 0 aromatic carbocycles. The first kappa shape index (κ1) is 24.6. The first-order valence-electron chi connectivity index (χ1n) is 10.8. The predicted molar refractivity (Wildman–Crippen MR) is 108 cm³/mol. The maximum Gasteiger partial charge on any atom is 0.0701 e. The predicted octanol–water partition coefficient (Wildman–Crippen LogP) is 6.05. The second-order valence-electron chi connectivity index (χ2n) is 6.89. The summed E-state index contributed by atoms with van der Waals surface area (Å²) in [7, 11) is 0. The summed E-state index contributed by atoms with van der Waals surface area (Å²) in [4.78, 5) is 0. The van der Waals surface area contributed by atoms with Gasteiger partial charge in [-0.25, -0.2) is 0 Å². The molecule has 0 spiro atoms. The quantitative estimate of drug-likeness (QED) is 0.201. The van der Waals surface area contributed by atoms with Gasteiger partial charge >= 0.3 is 0 Å². The first-order valence-corrected chi connectivity index (χ1v) is 10.8. The van der Waals surface area contributed by atoms with E-state index in [1.54, 1.807) is 0 Å². The topological polar surface area (TPSA) is 38.7 Å². The van der Waals surface area contributed by atoms with Crippen molar-refractivity contribution >= 4 is 0 Å². The van der Waals surface area contributed by atoms with E-state index in [2.05, 4.69) is 19.1 Å². The average Bonchev–Trinajstić information content (AvgIpc) is 2.63. The lowest BCUT2D eigenvalue weighted by molar-refractivity contribution is 0.0321. The summed E-state index contributed by atoms with van der Waals surface area (Å²) in [6.45, 7) is 4.85. The van der Waals surface area contributed by atoms with Crippen LogP contribution in [0.1, 0.15) is 96.8 Å². The fourth-order valence-electron chi connectivity index (χ4n) is 2.84. The number of aliphatic hydroxyl groups excluding tert-OH is 1. The highest BCUT2D eigenvalue weighted by molar-refractivity contribution is 4.81. The molecule has 0 rings (SSSR count). The summed E-state index contributed by atoms with van der Waals surface area (Å²) in [6, 6.07) is 0. The Kier molecular flexibility index (Phi) is 23.3. The van der Waals surface area contributed by atoms with E-state index in [9.17, 15) is 0 Å². The van der Waals surface area contributed by atoms with Gasteiger partial charge in [0.2, 0.25) is 0 Å². The molecule has 0 aliphatic rings. The normalized spacial score (nSPS) is 11.6. The Balaban J connectivity index is 3.03. The number of aliphatic hydroxyl groups is 1. The van der Waals surface area contributed by atoms with Crippen molar-refractivity contribution in [1.82, 2.24) is 0 Å². The smallest absolute Gasteiger partial charge is 0.0701 e. The fourth-order valence-corrected chi connectivity index (χ4v) is 2.84. The van der Waals surface area contributed by atoms with Crippen molar-refractivity contribution in [3.8, 4) is 0 Å². The van der Waals surface area contributed by atoms with E-state index in [1.807, 2.05) is 0 Å². The lowest BCUT2D eigenvalue weighted by Crippen LogP contribution is -2.07. The molecule has 0 saturated heterocycles. The Bertz CT molecular complexity index is 254. The molecule has 3 nitrogen and oxygen atoms in total. The summed E-state index contributed by atoms with van der Waals surface area (Å²) in [5, 5.41) is 8.56. The van der Waals surface area contributed by atoms with Crippen molar-refractivity contribution in [2.24, 2.45) is 0 Å². The van der Waals surface area contributed by atoms with Gasteiger partial charge in [0.25, 0.3) is 0 Å². The van der Waals surface area contributed by atoms with Gasteiger partial charge in [-0.3, -0.25) is 0 Å². The Morgan fingerprint density at radius 3 is 1.60 bits per heavy atom. The van der Waals surface area contributed by atoms with Crippen LogP contribution in [0.5, 0.6) is 0 Å². The molecule has 0 unspecified atom stereocenters. The summed E-state index contributed by atoms with van der Waals surface area (Å²) < 4.78 is 10.6. The summed E-state index contributed by atoms with van der Waals surface area (Å²) >= 11 is 0. The molecule has 0 aromatic heterocycles. The molecule has 3 heteroatoms. The minimum Gasteiger partial charge on any atom is -0.394 e. The van der Waals surface area contributed by atoms with Gasteiger partial charge in [0.05, 0.1) is 26.4 Å². The van der Waals surface area contributed by atoms with Crippen LogP contribution < -0.4 is 0 Å². The van der Waals surface area contributed by atoms with Crippen LogP contribution in [0.15, 0.2) is 12.2 Å². The minimum absolute atomic E-state index is 0.0922. The second-order valence-corrected chi connectivity index (χ2v) is 6.89. The maximum atomic E-state index is 8.56. The van der Waals surface area contributed by atoms with Crippen molar-refractivity contribution < 1.29 is 14.6 Å². The van der Waals surface area contributed by atoms with E-state index in [0.717, 1.165) is 13.0 Å². The van der Waals surface area contributed by atoms with Crippen LogP contribution in [0, 0.1) is 0 Å². The van der Waals surface area contributed by atoms with Crippen LogP contribution in [0.3, 0.4) is 0 Å². The zero-order chi connectivity index (χ0) is 18.3. The van der Waals surface area contributed by atoms with E-state index in [1.165, 1.54) is 83.5 Å². The number of allylic oxidation sites excluding steroid dienone is 2. The number of rotatable bonds is 21. The molecule has 150 valence electrons. The van der Waals surface area contributed by atoms with Crippen LogP contribution in [-0.2, 0) is 9.47 Å². The molecular weight excluding hydrogens is 312 g/mol. The van der Waals surface area contributed by atoms with Gasteiger partial charge in [-0.1, -0.05) is 76.9 Å². The SMILES string of the molecule is CCCCCCCC/C=C\CCCCCCCCOCCOCCO. The highest BCUT2D eigenvalue weighted by Crippen LogP contribution is 2.09. The van der Waals surface area contributed by atoms with E-state index in [0.29, 0.717) is 19.8 Å². The van der Waals surface area contributed by atoms with Crippen molar-refractivity contribution in [1.29, 1.82) is 0 Å². The molecule has 0 aliphatic carbocycles. The molecule has 0 aliphatic heterocycles. The summed E-state index contributed by atoms with van der Waals surface area (Å²) in [5.74, 6) is 0. The highest BCUT2D eigenvalue weighted by Gasteiger charge is 1.93. The van der Waals surface area contributed by atoms with Crippen LogP contribution in [0.25, 0.3) is 0 Å². The van der Waals surface area contributed by atoms with E-state index >= 15 is 0 Å². The van der Waals surface area contributed by atoms with Gasteiger partial charge in [-0.05, 0) is 32.1 Å². The molecule has 0 bridgehead atoms. The monoisotopic (exact) mass is 356 g/mol. The third-order valence-corrected chi connectivity index (χ3v) is 4.41. The fraction of sp³-hybridized carbons (Fsp3) is 0.909. The Hall–Kier alpha value is -0.380. The molecular formula is C22H44O3. The standard InChI is InChI=1S/C22H44O3/c1-2-3-4-5-6-7-8-9-10-11-12-13-14-15-16-17-19-24-21-22-25-20-18-23/h9-10,23H,2-8,11-22H2,1H3/b10-9-. The van der Waals surface area contributed by atoms with Gasteiger partial charge in [-0.15, -0.1) is 0 Å². The van der Waals surface area contributed by atoms with Crippen molar-refractivity contribution in [2.45, 2.75) is 96.8 Å². The molecule has 0 fully saturated rings. The van der Waals surface area contributed by atoms with Gasteiger partial charge < -0.3 is 14.6 Å². The number of unbranched alkanes of at least 4 members (excludes halogenated alkanes) is 12. The third kappa shape index (κ3) is 23.6. The Morgan fingerprint density at radius 1 is 0.560 bits per heavy atom. The summed E-state index contributed by atoms with van der Waals surface area (Å²) in [6.07, 6.45) is 23.5. The van der Waals surface area contributed by atoms with Crippen LogP contribution in [-0.4, -0.2) is 38.1 Å². The molecule has 0 radical (unpaired) electrons. The minimum atomic E-state index is 0.0922. The van der Waals surface area contributed by atoms with Crippen molar-refractivity contribution in [2.75, 3.05) is 33.0 Å². The van der Waals surface area contributed by atoms with E-state index in [-0.39, 0.29) is 6.61 Å². The second kappa shape index (κ2) is 23.6. The van der Waals surface area contributed by atoms with Crippen molar-refractivity contribution in [3.63, 3.8) is 0 Å². The molecule has 1 N–H and O–H groups in total. The van der Waals surface area contributed by atoms with Gasteiger partial charge in [-0.2, -0.15) is 0 Å². The molecule has 0 aromatic rings. The van der Waals surface area contributed by atoms with E-state index in [4.69, 9.17) is 14.6 Å². The maximum absolute atomic E-state index is 8.56. The van der Waals surface area contributed by atoms with Gasteiger partial charge in [0.15, 0.2) is 0 Å². The van der Waals surface area contributed by atoms with Crippen LogP contribution in [0.4, 0.5) is 0 Å². The Labute approximate surface area is 157 Å². The van der Waals surface area contributed by atoms with Gasteiger partial charge in [0, 0.05) is 6.61 Å².